The molecule has 0 saturated heterocycles. The summed E-state index contributed by atoms with van der Waals surface area (Å²) in [6.07, 6.45) is 4.52. The lowest BCUT2D eigenvalue weighted by molar-refractivity contribution is 0.256. The molecular weight excluding hydrogens is 110 g/mol. The predicted octanol–water partition coefficient (Wildman–Crippen LogP) is 1.51. The van der Waals surface area contributed by atoms with Crippen molar-refractivity contribution in [3.05, 3.63) is 12.2 Å². The van der Waals surface area contributed by atoms with Gasteiger partial charge in [0, 0.05) is 12.0 Å². The highest BCUT2D eigenvalue weighted by molar-refractivity contribution is 5.17. The van der Waals surface area contributed by atoms with E-state index < -0.39 is 0 Å². The summed E-state index contributed by atoms with van der Waals surface area (Å²) >= 11 is 0. The number of rotatable bonds is 3. The van der Waals surface area contributed by atoms with Gasteiger partial charge in [-0.2, -0.15) is 0 Å². The van der Waals surface area contributed by atoms with Gasteiger partial charge in [-0.15, -0.1) is 0 Å². The highest BCUT2D eigenvalue weighted by atomic mass is 15.1. The summed E-state index contributed by atoms with van der Waals surface area (Å²) in [6.45, 7) is 5.62. The zero-order chi connectivity index (χ0) is 6.85. The molecule has 1 heteroatoms. The van der Waals surface area contributed by atoms with E-state index in [4.69, 9.17) is 0 Å². The van der Waals surface area contributed by atoms with Gasteiger partial charge < -0.3 is 4.90 Å². The van der Waals surface area contributed by atoms with Crippen LogP contribution in [0.3, 0.4) is 0 Å². The number of hydrogen-bond donors (Lipinski definition) is 0. The zero-order valence-corrected chi connectivity index (χ0v) is 6.46. The second-order valence-electron chi connectivity index (χ2n) is 2.78. The Hall–Kier alpha value is -0.300. The normalized spacial score (nSPS) is 20.9. The molecule has 0 N–H and O–H groups in total. The van der Waals surface area contributed by atoms with Crippen LogP contribution in [0.4, 0.5) is 0 Å². The van der Waals surface area contributed by atoms with Crippen molar-refractivity contribution >= 4 is 0 Å². The maximum Gasteiger partial charge on any atom is 0.0161 e. The molecule has 0 saturated carbocycles. The fourth-order valence-electron chi connectivity index (χ4n) is 0.968. The fourth-order valence-corrected chi connectivity index (χ4v) is 0.968. The van der Waals surface area contributed by atoms with Gasteiger partial charge in [0.15, 0.2) is 0 Å². The molecule has 0 fully saturated rings. The maximum atomic E-state index is 2.37. The predicted molar refractivity (Wildman–Crippen MR) is 40.4 cm³/mol. The number of hydrogen-bond acceptors (Lipinski definition) is 1. The van der Waals surface area contributed by atoms with Gasteiger partial charge in [0.1, 0.15) is 0 Å². The summed E-state index contributed by atoms with van der Waals surface area (Å²) in [6, 6.07) is 0.718. The van der Waals surface area contributed by atoms with E-state index in [9.17, 15) is 0 Å². The average Bonchev–Trinajstić information content (AvgIpc) is 2.66. The fraction of sp³-hybridized carbons (Fsp3) is 0.750. The molecule has 0 amide bonds. The molecule has 0 aromatic heterocycles. The lowest BCUT2D eigenvalue weighted by atomic mass is 10.2. The van der Waals surface area contributed by atoms with Crippen LogP contribution in [0.2, 0.25) is 0 Å². The van der Waals surface area contributed by atoms with E-state index in [0.717, 1.165) is 18.5 Å². The molecule has 0 spiro atoms. The van der Waals surface area contributed by atoms with Crippen molar-refractivity contribution in [3.8, 4) is 0 Å². The van der Waals surface area contributed by atoms with E-state index in [1.54, 1.807) is 0 Å². The molecule has 0 aliphatic heterocycles. The molecule has 0 heterocycles. The first-order chi connectivity index (χ1) is 4.25. The average molecular weight is 125 g/mol. The van der Waals surface area contributed by atoms with Crippen LogP contribution >= 0.6 is 0 Å². The minimum absolute atomic E-state index is 0.718. The third kappa shape index (κ3) is 1.55. The van der Waals surface area contributed by atoms with Crippen molar-refractivity contribution in [2.45, 2.75) is 19.9 Å². The lowest BCUT2D eigenvalue weighted by Gasteiger charge is -2.22. The minimum atomic E-state index is 0.718. The summed E-state index contributed by atoms with van der Waals surface area (Å²) in [4.78, 5) is 2.37. The maximum absolute atomic E-state index is 2.37. The Morgan fingerprint density at radius 3 is 2.44 bits per heavy atom. The molecule has 0 bridgehead atoms. The van der Waals surface area contributed by atoms with Gasteiger partial charge in [-0.1, -0.05) is 19.1 Å². The van der Waals surface area contributed by atoms with Gasteiger partial charge in [-0.25, -0.2) is 0 Å². The van der Waals surface area contributed by atoms with E-state index in [1.807, 2.05) is 0 Å². The molecule has 1 aliphatic rings. The Kier molecular flexibility index (Phi) is 1.91. The summed E-state index contributed by atoms with van der Waals surface area (Å²) in [5.41, 5.74) is 0. The van der Waals surface area contributed by atoms with E-state index in [1.165, 1.54) is 0 Å². The zero-order valence-electron chi connectivity index (χ0n) is 6.46. The monoisotopic (exact) mass is 125 g/mol. The second kappa shape index (κ2) is 2.53. The summed E-state index contributed by atoms with van der Waals surface area (Å²) in [5.74, 6) is 0.773. The van der Waals surface area contributed by atoms with E-state index in [2.05, 4.69) is 37.9 Å². The minimum Gasteiger partial charge on any atom is -0.303 e. The Labute approximate surface area is 57.4 Å². The second-order valence-corrected chi connectivity index (χ2v) is 2.78. The van der Waals surface area contributed by atoms with Crippen LogP contribution in [0.1, 0.15) is 13.8 Å². The van der Waals surface area contributed by atoms with Crippen molar-refractivity contribution in [1.29, 1.82) is 0 Å². The summed E-state index contributed by atoms with van der Waals surface area (Å²) in [7, 11) is 2.17. The van der Waals surface area contributed by atoms with Gasteiger partial charge >= 0.3 is 0 Å². The van der Waals surface area contributed by atoms with Crippen molar-refractivity contribution in [3.63, 3.8) is 0 Å². The SMILES string of the molecule is CCN(C)C(C)C1C=C1. The van der Waals surface area contributed by atoms with Crippen molar-refractivity contribution in [2.24, 2.45) is 5.92 Å². The molecule has 0 aromatic rings. The Bertz CT molecular complexity index is 112. The Morgan fingerprint density at radius 2 is 2.11 bits per heavy atom. The van der Waals surface area contributed by atoms with Gasteiger partial charge in [-0.3, -0.25) is 0 Å². The third-order valence-electron chi connectivity index (χ3n) is 2.17. The van der Waals surface area contributed by atoms with Crippen LogP contribution in [0.25, 0.3) is 0 Å². The van der Waals surface area contributed by atoms with Gasteiger partial charge in [0.05, 0.1) is 0 Å². The van der Waals surface area contributed by atoms with Crippen LogP contribution in [-0.2, 0) is 0 Å². The highest BCUT2D eigenvalue weighted by Crippen LogP contribution is 2.23. The van der Waals surface area contributed by atoms with Crippen LogP contribution < -0.4 is 0 Å². The summed E-state index contributed by atoms with van der Waals surface area (Å²) < 4.78 is 0. The molecule has 1 unspecified atom stereocenters. The molecule has 1 atom stereocenters. The first kappa shape index (κ1) is 6.81. The van der Waals surface area contributed by atoms with Crippen LogP contribution in [-0.4, -0.2) is 24.5 Å². The van der Waals surface area contributed by atoms with Crippen LogP contribution in [0, 0.1) is 5.92 Å². The van der Waals surface area contributed by atoms with E-state index in [0.29, 0.717) is 0 Å². The molecule has 1 rings (SSSR count). The highest BCUT2D eigenvalue weighted by Gasteiger charge is 2.21. The molecule has 52 valence electrons. The number of nitrogens with zero attached hydrogens (tertiary/aromatic N) is 1. The molecule has 9 heavy (non-hydrogen) atoms. The molecule has 0 radical (unpaired) electrons. The van der Waals surface area contributed by atoms with Crippen LogP contribution in [0.15, 0.2) is 12.2 Å². The quantitative estimate of drug-likeness (QED) is 0.517. The van der Waals surface area contributed by atoms with E-state index >= 15 is 0 Å². The summed E-state index contributed by atoms with van der Waals surface area (Å²) in [5, 5.41) is 0. The first-order valence-electron chi connectivity index (χ1n) is 3.64. The van der Waals surface area contributed by atoms with Gasteiger partial charge in [-0.05, 0) is 20.5 Å². The van der Waals surface area contributed by atoms with Crippen molar-refractivity contribution in [1.82, 2.24) is 4.90 Å². The molecule has 1 aliphatic carbocycles. The molecule has 1 nitrogen and oxygen atoms in total. The molecular formula is C8H15N. The van der Waals surface area contributed by atoms with E-state index in [-0.39, 0.29) is 0 Å². The molecule has 0 aromatic carbocycles. The van der Waals surface area contributed by atoms with Gasteiger partial charge in [0.2, 0.25) is 0 Å². The van der Waals surface area contributed by atoms with Crippen molar-refractivity contribution in [2.75, 3.05) is 13.6 Å². The Morgan fingerprint density at radius 1 is 1.56 bits per heavy atom. The largest absolute Gasteiger partial charge is 0.303 e. The van der Waals surface area contributed by atoms with Crippen LogP contribution in [0.5, 0.6) is 0 Å². The first-order valence-corrected chi connectivity index (χ1v) is 3.64. The topological polar surface area (TPSA) is 3.24 Å². The smallest absolute Gasteiger partial charge is 0.0161 e. The van der Waals surface area contributed by atoms with Crippen molar-refractivity contribution < 1.29 is 0 Å². The third-order valence-corrected chi connectivity index (χ3v) is 2.17. The Balaban J connectivity index is 2.23. The lowest BCUT2D eigenvalue weighted by Crippen LogP contribution is -2.30. The standard InChI is InChI=1S/C8H15N/c1-4-9(3)7(2)8-5-6-8/h5-8H,4H2,1-3H3. The van der Waals surface area contributed by atoms with Gasteiger partial charge in [0.25, 0.3) is 0 Å².